The average molecular weight is 307 g/mol. The molecule has 0 heterocycles. The van der Waals surface area contributed by atoms with Crippen molar-refractivity contribution >= 4 is 8.32 Å². The second-order valence-corrected chi connectivity index (χ2v) is 12.6. The molecule has 1 aliphatic carbocycles. The fraction of sp³-hybridized carbons (Fsp3) is 0.789. The molecule has 0 saturated heterocycles. The molecule has 1 nitrogen and oxygen atoms in total. The molecule has 0 spiro atoms. The zero-order chi connectivity index (χ0) is 15.9. The van der Waals surface area contributed by atoms with Gasteiger partial charge in [-0.3, -0.25) is 0 Å². The van der Waals surface area contributed by atoms with Crippen LogP contribution >= 0.6 is 0 Å². The van der Waals surface area contributed by atoms with E-state index in [0.717, 1.165) is 19.3 Å². The van der Waals surface area contributed by atoms with Gasteiger partial charge >= 0.3 is 0 Å². The van der Waals surface area contributed by atoms with E-state index >= 15 is 0 Å². The molecule has 0 bridgehead atoms. The second kappa shape index (κ2) is 8.20. The number of rotatable bonds is 6. The fourth-order valence-corrected chi connectivity index (χ4v) is 3.57. The smallest absolute Gasteiger partial charge is 0.192 e. The minimum absolute atomic E-state index is 0.290. The van der Waals surface area contributed by atoms with Crippen molar-refractivity contribution in [3.8, 4) is 11.8 Å². The van der Waals surface area contributed by atoms with Gasteiger partial charge in [-0.1, -0.05) is 52.7 Å². The summed E-state index contributed by atoms with van der Waals surface area (Å²) in [5.41, 5.74) is 0. The molecule has 1 aliphatic rings. The van der Waals surface area contributed by atoms with Crippen molar-refractivity contribution in [2.75, 3.05) is 0 Å². The molecular formula is C19H34OSi. The summed E-state index contributed by atoms with van der Waals surface area (Å²) in [5.74, 6) is 7.27. The topological polar surface area (TPSA) is 9.23 Å². The van der Waals surface area contributed by atoms with Gasteiger partial charge in [0.25, 0.3) is 0 Å². The van der Waals surface area contributed by atoms with Crippen molar-refractivity contribution in [3.63, 3.8) is 0 Å². The Morgan fingerprint density at radius 3 is 2.48 bits per heavy atom. The highest BCUT2D eigenvalue weighted by Crippen LogP contribution is 2.39. The zero-order valence-electron chi connectivity index (χ0n) is 15.0. The van der Waals surface area contributed by atoms with Crippen LogP contribution in [0.5, 0.6) is 0 Å². The Bertz CT molecular complexity index is 392. The van der Waals surface area contributed by atoms with E-state index in [1.54, 1.807) is 0 Å². The van der Waals surface area contributed by atoms with Gasteiger partial charge < -0.3 is 4.43 Å². The van der Waals surface area contributed by atoms with Crippen LogP contribution in [0.2, 0.25) is 18.1 Å². The lowest BCUT2D eigenvalue weighted by molar-refractivity contribution is 0.213. The third-order valence-corrected chi connectivity index (χ3v) is 9.28. The molecule has 21 heavy (non-hydrogen) atoms. The van der Waals surface area contributed by atoms with Crippen molar-refractivity contribution in [2.45, 2.75) is 90.5 Å². The van der Waals surface area contributed by atoms with E-state index in [9.17, 15) is 0 Å². The summed E-state index contributed by atoms with van der Waals surface area (Å²) < 4.78 is 6.46. The van der Waals surface area contributed by atoms with Crippen LogP contribution < -0.4 is 0 Å². The molecule has 0 N–H and O–H groups in total. The van der Waals surface area contributed by atoms with E-state index in [0.29, 0.717) is 12.0 Å². The SMILES string of the molecule is CCCCCC#CC[C@H]1C=C[C@H](O[Si](C)(C)C(C)(C)C)C1. The highest BCUT2D eigenvalue weighted by molar-refractivity contribution is 6.74. The van der Waals surface area contributed by atoms with Crippen molar-refractivity contribution < 1.29 is 4.43 Å². The number of hydrogen-bond acceptors (Lipinski definition) is 1. The lowest BCUT2D eigenvalue weighted by Gasteiger charge is -2.38. The minimum Gasteiger partial charge on any atom is -0.411 e. The maximum atomic E-state index is 6.46. The van der Waals surface area contributed by atoms with Crippen LogP contribution in [0.15, 0.2) is 12.2 Å². The lowest BCUT2D eigenvalue weighted by atomic mass is 10.1. The molecule has 0 aromatic carbocycles. The number of unbranched alkanes of at least 4 members (excludes halogenated alkanes) is 3. The predicted octanol–water partition coefficient (Wildman–Crippen LogP) is 5.93. The van der Waals surface area contributed by atoms with Crippen LogP contribution in [0.25, 0.3) is 0 Å². The third kappa shape index (κ3) is 6.40. The Morgan fingerprint density at radius 1 is 1.14 bits per heavy atom. The van der Waals surface area contributed by atoms with Crippen LogP contribution in [-0.2, 0) is 4.43 Å². The van der Waals surface area contributed by atoms with E-state index in [1.165, 1.54) is 19.3 Å². The summed E-state index contributed by atoms with van der Waals surface area (Å²) in [5, 5.41) is 0.290. The highest BCUT2D eigenvalue weighted by atomic mass is 28.4. The first-order chi connectivity index (χ1) is 9.76. The molecule has 0 unspecified atom stereocenters. The number of allylic oxidation sites excluding steroid dienone is 1. The van der Waals surface area contributed by atoms with Gasteiger partial charge in [0.1, 0.15) is 0 Å². The minimum atomic E-state index is -1.64. The van der Waals surface area contributed by atoms with Crippen molar-refractivity contribution in [1.82, 2.24) is 0 Å². The monoisotopic (exact) mass is 306 g/mol. The first kappa shape index (κ1) is 18.5. The van der Waals surface area contributed by atoms with Gasteiger partial charge in [0, 0.05) is 12.8 Å². The lowest BCUT2D eigenvalue weighted by Crippen LogP contribution is -2.43. The Hall–Kier alpha value is -0.523. The normalized spacial score (nSPS) is 22.2. The van der Waals surface area contributed by atoms with Crippen molar-refractivity contribution in [1.29, 1.82) is 0 Å². The summed E-state index contributed by atoms with van der Waals surface area (Å²) in [6.45, 7) is 13.8. The quantitative estimate of drug-likeness (QED) is 0.256. The Labute approximate surface area is 133 Å². The molecule has 0 aromatic rings. The molecule has 1 rings (SSSR count). The van der Waals surface area contributed by atoms with Crippen LogP contribution in [0, 0.1) is 17.8 Å². The van der Waals surface area contributed by atoms with Crippen LogP contribution in [-0.4, -0.2) is 14.4 Å². The van der Waals surface area contributed by atoms with Crippen LogP contribution in [0.1, 0.15) is 66.2 Å². The van der Waals surface area contributed by atoms with Gasteiger partial charge in [-0.25, -0.2) is 0 Å². The third-order valence-electron chi connectivity index (χ3n) is 4.78. The highest BCUT2D eigenvalue weighted by Gasteiger charge is 2.39. The Morgan fingerprint density at radius 2 is 1.86 bits per heavy atom. The molecule has 0 fully saturated rings. The van der Waals surface area contributed by atoms with E-state index in [1.807, 2.05) is 0 Å². The van der Waals surface area contributed by atoms with E-state index < -0.39 is 8.32 Å². The van der Waals surface area contributed by atoms with Crippen LogP contribution in [0.3, 0.4) is 0 Å². The van der Waals surface area contributed by atoms with Gasteiger partial charge in [0.05, 0.1) is 6.10 Å². The fourth-order valence-electron chi connectivity index (χ4n) is 2.29. The maximum absolute atomic E-state index is 6.46. The van der Waals surface area contributed by atoms with Gasteiger partial charge in [-0.05, 0) is 36.9 Å². The molecular weight excluding hydrogens is 272 g/mol. The van der Waals surface area contributed by atoms with E-state index in [4.69, 9.17) is 4.43 Å². The molecule has 2 heteroatoms. The summed E-state index contributed by atoms with van der Waals surface area (Å²) in [7, 11) is -1.64. The first-order valence-corrected chi connectivity index (χ1v) is 11.5. The van der Waals surface area contributed by atoms with E-state index in [2.05, 4.69) is 64.8 Å². The van der Waals surface area contributed by atoms with Crippen molar-refractivity contribution in [3.05, 3.63) is 12.2 Å². The molecule has 0 saturated carbocycles. The molecule has 0 amide bonds. The van der Waals surface area contributed by atoms with Gasteiger partial charge in [0.15, 0.2) is 8.32 Å². The number of hydrogen-bond donors (Lipinski definition) is 0. The zero-order valence-corrected chi connectivity index (χ0v) is 16.0. The standard InChI is InChI=1S/C19H34OSi/c1-7-8-9-10-11-12-13-17-14-15-18(16-17)20-21(5,6)19(2,3)4/h14-15,17-18H,7-10,13,16H2,1-6H3/t17-,18-/m0/s1. The van der Waals surface area contributed by atoms with Gasteiger partial charge in [-0.2, -0.15) is 0 Å². The van der Waals surface area contributed by atoms with E-state index in [-0.39, 0.29) is 5.04 Å². The van der Waals surface area contributed by atoms with Gasteiger partial charge in [0.2, 0.25) is 0 Å². The molecule has 120 valence electrons. The van der Waals surface area contributed by atoms with Gasteiger partial charge in [-0.15, -0.1) is 11.8 Å². The molecule has 0 radical (unpaired) electrons. The average Bonchev–Trinajstić information content (AvgIpc) is 2.79. The molecule has 0 aromatic heterocycles. The second-order valence-electron chi connectivity index (χ2n) is 7.81. The maximum Gasteiger partial charge on any atom is 0.192 e. The summed E-state index contributed by atoms with van der Waals surface area (Å²) in [4.78, 5) is 0. The molecule has 0 aliphatic heterocycles. The largest absolute Gasteiger partial charge is 0.411 e. The summed E-state index contributed by atoms with van der Waals surface area (Å²) in [6.07, 6.45) is 11.9. The summed E-state index contributed by atoms with van der Waals surface area (Å²) in [6, 6.07) is 0. The summed E-state index contributed by atoms with van der Waals surface area (Å²) >= 11 is 0. The van der Waals surface area contributed by atoms with Crippen LogP contribution in [0.4, 0.5) is 0 Å². The predicted molar refractivity (Wildman–Crippen MR) is 95.9 cm³/mol. The first-order valence-electron chi connectivity index (χ1n) is 8.58. The Kier molecular flexibility index (Phi) is 7.23. The Balaban J connectivity index is 2.32. The molecule has 2 atom stereocenters. The van der Waals surface area contributed by atoms with Crippen molar-refractivity contribution in [2.24, 2.45) is 5.92 Å².